The van der Waals surface area contributed by atoms with Gasteiger partial charge in [-0.1, -0.05) is 6.07 Å². The van der Waals surface area contributed by atoms with E-state index in [2.05, 4.69) is 16.0 Å². The van der Waals surface area contributed by atoms with E-state index < -0.39 is 41.0 Å². The Balaban J connectivity index is 2.30. The van der Waals surface area contributed by atoms with E-state index in [0.717, 1.165) is 0 Å². The molecule has 0 aliphatic heterocycles. The molecule has 0 atom stereocenters. The van der Waals surface area contributed by atoms with Crippen LogP contribution in [0.2, 0.25) is 0 Å². The number of hydrogen-bond acceptors (Lipinski definition) is 2. The van der Waals surface area contributed by atoms with Crippen LogP contribution in [0.15, 0.2) is 42.5 Å². The zero-order valence-corrected chi connectivity index (χ0v) is 14.8. The Morgan fingerprint density at radius 3 is 1.83 bits per heavy atom. The van der Waals surface area contributed by atoms with Gasteiger partial charge in [0, 0.05) is 23.5 Å². The van der Waals surface area contributed by atoms with Crippen LogP contribution in [0.4, 0.5) is 42.5 Å². The second-order valence-electron chi connectivity index (χ2n) is 5.81. The lowest BCUT2D eigenvalue weighted by Gasteiger charge is -2.14. The van der Waals surface area contributed by atoms with Gasteiger partial charge in [0.05, 0.1) is 11.1 Å². The lowest BCUT2D eigenvalue weighted by atomic mass is 10.0. The fourth-order valence-electron chi connectivity index (χ4n) is 2.30. The maximum Gasteiger partial charge on any atom is 0.416 e. The highest BCUT2D eigenvalue weighted by molar-refractivity contribution is 6.05. The van der Waals surface area contributed by atoms with Gasteiger partial charge in [-0.05, 0) is 43.3 Å². The number of rotatable bonds is 4. The van der Waals surface area contributed by atoms with Gasteiger partial charge in [0.15, 0.2) is 0 Å². The van der Waals surface area contributed by atoms with Crippen molar-refractivity contribution in [3.8, 4) is 0 Å². The number of nitrogens with one attached hydrogen (secondary N) is 3. The Kier molecular flexibility index (Phi) is 6.40. The maximum absolute atomic E-state index is 12.9. The summed E-state index contributed by atoms with van der Waals surface area (Å²) >= 11 is 0. The van der Waals surface area contributed by atoms with E-state index in [0.29, 0.717) is 18.7 Å². The van der Waals surface area contributed by atoms with Gasteiger partial charge in [-0.3, -0.25) is 4.79 Å². The molecule has 0 aliphatic rings. The number of carbonyl (C=O) groups excluding carboxylic acids is 2. The summed E-state index contributed by atoms with van der Waals surface area (Å²) in [5.41, 5.74) is -3.67. The number of hydrogen-bond donors (Lipinski definition) is 3. The molecular weight excluding hydrogens is 404 g/mol. The number of carbonyl (C=O) groups is 2. The number of anilines is 2. The fourth-order valence-corrected chi connectivity index (χ4v) is 2.30. The molecule has 0 unspecified atom stereocenters. The molecule has 0 radical (unpaired) electrons. The number of amides is 3. The predicted octanol–water partition coefficient (Wildman–Crippen LogP) is 5.12. The van der Waals surface area contributed by atoms with Crippen LogP contribution in [0.5, 0.6) is 0 Å². The predicted molar refractivity (Wildman–Crippen MR) is 93.5 cm³/mol. The van der Waals surface area contributed by atoms with Crippen molar-refractivity contribution in [3.63, 3.8) is 0 Å². The monoisotopic (exact) mass is 419 g/mol. The molecule has 0 bridgehead atoms. The van der Waals surface area contributed by atoms with Gasteiger partial charge in [0.1, 0.15) is 0 Å². The van der Waals surface area contributed by atoms with Crippen LogP contribution in [0.25, 0.3) is 0 Å². The lowest BCUT2D eigenvalue weighted by molar-refractivity contribution is -0.143. The first-order valence-electron chi connectivity index (χ1n) is 8.16. The highest BCUT2D eigenvalue weighted by atomic mass is 19.4. The number of alkyl halides is 6. The highest BCUT2D eigenvalue weighted by Gasteiger charge is 2.37. The molecule has 29 heavy (non-hydrogen) atoms. The van der Waals surface area contributed by atoms with Gasteiger partial charge in [0.2, 0.25) is 0 Å². The first-order valence-corrected chi connectivity index (χ1v) is 8.16. The van der Waals surface area contributed by atoms with E-state index in [4.69, 9.17) is 0 Å². The van der Waals surface area contributed by atoms with Gasteiger partial charge in [-0.15, -0.1) is 0 Å². The standard InChI is InChI=1S/C18H15F6N3O2/c1-2-25-16(29)27-14-5-3-4-13(9-14)26-15(28)10-6-11(17(19,20)21)8-12(7-10)18(22,23)24/h3-9H,2H2,1H3,(H,26,28)(H2,25,27,29). The van der Waals surface area contributed by atoms with Gasteiger partial charge < -0.3 is 16.0 Å². The molecule has 0 heterocycles. The number of halogens is 6. The van der Waals surface area contributed by atoms with Crippen molar-refractivity contribution >= 4 is 23.3 Å². The minimum Gasteiger partial charge on any atom is -0.338 e. The first kappa shape index (κ1) is 22.1. The molecule has 0 saturated heterocycles. The molecule has 2 aromatic carbocycles. The van der Waals surface area contributed by atoms with Crippen molar-refractivity contribution in [1.29, 1.82) is 0 Å². The Morgan fingerprint density at radius 2 is 1.34 bits per heavy atom. The van der Waals surface area contributed by atoms with Crippen molar-refractivity contribution < 1.29 is 35.9 Å². The topological polar surface area (TPSA) is 70.2 Å². The van der Waals surface area contributed by atoms with Crippen molar-refractivity contribution in [2.75, 3.05) is 17.2 Å². The largest absolute Gasteiger partial charge is 0.416 e. The van der Waals surface area contributed by atoms with Crippen molar-refractivity contribution in [2.45, 2.75) is 19.3 Å². The van der Waals surface area contributed by atoms with E-state index in [1.807, 2.05) is 0 Å². The summed E-state index contributed by atoms with van der Waals surface area (Å²) in [5, 5.41) is 7.14. The molecule has 5 nitrogen and oxygen atoms in total. The van der Waals surface area contributed by atoms with E-state index in [9.17, 15) is 35.9 Å². The highest BCUT2D eigenvalue weighted by Crippen LogP contribution is 2.36. The SMILES string of the molecule is CCNC(=O)Nc1cccc(NC(=O)c2cc(C(F)(F)F)cc(C(F)(F)F)c2)c1. The Morgan fingerprint density at radius 1 is 0.828 bits per heavy atom. The maximum atomic E-state index is 12.9. The van der Waals surface area contributed by atoms with Crippen molar-refractivity contribution in [3.05, 3.63) is 59.2 Å². The van der Waals surface area contributed by atoms with Gasteiger partial charge >= 0.3 is 18.4 Å². The molecule has 0 saturated carbocycles. The molecule has 2 rings (SSSR count). The fraction of sp³-hybridized carbons (Fsp3) is 0.222. The van der Waals surface area contributed by atoms with Crippen molar-refractivity contribution in [2.24, 2.45) is 0 Å². The zero-order valence-electron chi connectivity index (χ0n) is 14.8. The summed E-state index contributed by atoms with van der Waals surface area (Å²) in [7, 11) is 0. The van der Waals surface area contributed by atoms with Gasteiger partial charge in [-0.25, -0.2) is 4.79 Å². The second-order valence-corrected chi connectivity index (χ2v) is 5.81. The Hall–Kier alpha value is -3.24. The van der Waals surface area contributed by atoms with Crippen molar-refractivity contribution in [1.82, 2.24) is 5.32 Å². The molecule has 0 fully saturated rings. The Bertz CT molecular complexity index is 877. The second kappa shape index (κ2) is 8.41. The molecule has 2 aromatic rings. The van der Waals surface area contributed by atoms with Gasteiger partial charge in [-0.2, -0.15) is 26.3 Å². The average Bonchev–Trinajstić information content (AvgIpc) is 2.60. The number of urea groups is 1. The van der Waals surface area contributed by atoms with Crippen LogP contribution in [0.1, 0.15) is 28.4 Å². The van der Waals surface area contributed by atoms with Gasteiger partial charge in [0.25, 0.3) is 5.91 Å². The normalized spacial score (nSPS) is 11.7. The summed E-state index contributed by atoms with van der Waals surface area (Å²) in [5.74, 6) is -1.17. The third-order valence-corrected chi connectivity index (χ3v) is 3.57. The summed E-state index contributed by atoms with van der Waals surface area (Å²) in [6.07, 6.45) is -10.1. The molecule has 3 amide bonds. The van der Waals surface area contributed by atoms with E-state index in [1.165, 1.54) is 24.3 Å². The van der Waals surface area contributed by atoms with Crippen LogP contribution in [-0.4, -0.2) is 18.5 Å². The minimum atomic E-state index is -5.06. The molecule has 0 aliphatic carbocycles. The quantitative estimate of drug-likeness (QED) is 0.603. The summed E-state index contributed by atoms with van der Waals surface area (Å²) < 4.78 is 77.5. The Labute approximate surface area is 161 Å². The van der Waals surface area contributed by atoms with Crippen LogP contribution >= 0.6 is 0 Å². The van der Waals surface area contributed by atoms with E-state index in [-0.39, 0.29) is 17.4 Å². The average molecular weight is 419 g/mol. The van der Waals surface area contributed by atoms with Crippen LogP contribution < -0.4 is 16.0 Å². The molecule has 156 valence electrons. The smallest absolute Gasteiger partial charge is 0.338 e. The summed E-state index contributed by atoms with van der Waals surface area (Å²) in [4.78, 5) is 23.8. The molecule has 0 aromatic heterocycles. The molecule has 11 heteroatoms. The molecular formula is C18H15F6N3O2. The number of benzene rings is 2. The van der Waals surface area contributed by atoms with Crippen LogP contribution in [-0.2, 0) is 12.4 Å². The molecule has 3 N–H and O–H groups in total. The van der Waals surface area contributed by atoms with Crippen LogP contribution in [0.3, 0.4) is 0 Å². The van der Waals surface area contributed by atoms with E-state index in [1.54, 1.807) is 6.92 Å². The lowest BCUT2D eigenvalue weighted by Crippen LogP contribution is -2.28. The van der Waals surface area contributed by atoms with E-state index >= 15 is 0 Å². The summed E-state index contributed by atoms with van der Waals surface area (Å²) in [6, 6.07) is 5.66. The minimum absolute atomic E-state index is 0.0618. The third-order valence-electron chi connectivity index (χ3n) is 3.57. The summed E-state index contributed by atoms with van der Waals surface area (Å²) in [6.45, 7) is 2.06. The van der Waals surface area contributed by atoms with Crippen LogP contribution in [0, 0.1) is 0 Å². The third kappa shape index (κ3) is 6.13. The first-order chi connectivity index (χ1) is 13.4. The zero-order chi connectivity index (χ0) is 21.8. The molecule has 0 spiro atoms.